The number of hydrazine groups is 1. The van der Waals surface area contributed by atoms with E-state index in [4.69, 9.17) is 5.11 Å². The number of thioether (sulfide) groups is 1. The molecule has 0 unspecified atom stereocenters. The van der Waals surface area contributed by atoms with Crippen LogP contribution in [-0.4, -0.2) is 56.5 Å². The first-order valence-electron chi connectivity index (χ1n) is 6.81. The zero-order chi connectivity index (χ0) is 17.4. The molecule has 1 aromatic rings. The van der Waals surface area contributed by atoms with E-state index in [2.05, 4.69) is 10.9 Å². The highest BCUT2D eigenvalue weighted by Crippen LogP contribution is 2.25. The third kappa shape index (κ3) is 6.35. The van der Waals surface area contributed by atoms with Crippen molar-refractivity contribution in [1.29, 1.82) is 0 Å². The summed E-state index contributed by atoms with van der Waals surface area (Å²) in [5.41, 5.74) is 5.52. The summed E-state index contributed by atoms with van der Waals surface area (Å²) in [5, 5.41) is 37.0. The van der Waals surface area contributed by atoms with Crippen LogP contribution in [0, 0.1) is 0 Å². The Kier molecular flexibility index (Phi) is 7.66. The third-order valence-electron chi connectivity index (χ3n) is 3.12. The first-order chi connectivity index (χ1) is 10.8. The van der Waals surface area contributed by atoms with Crippen LogP contribution in [0.5, 0.6) is 11.5 Å². The Labute approximate surface area is 137 Å². The van der Waals surface area contributed by atoms with E-state index in [1.54, 1.807) is 0 Å². The number of phenols is 2. The maximum absolute atomic E-state index is 11.3. The van der Waals surface area contributed by atoms with Crippen molar-refractivity contribution in [1.82, 2.24) is 10.9 Å². The Morgan fingerprint density at radius 3 is 2.22 bits per heavy atom. The van der Waals surface area contributed by atoms with Crippen molar-refractivity contribution in [3.63, 3.8) is 0 Å². The lowest BCUT2D eigenvalue weighted by Crippen LogP contribution is -2.53. The number of aliphatic carboxylic acids is 2. The van der Waals surface area contributed by atoms with Crippen molar-refractivity contribution in [2.75, 3.05) is 12.0 Å². The Balaban J connectivity index is 2.69. The summed E-state index contributed by atoms with van der Waals surface area (Å²) in [7, 11) is 0. The van der Waals surface area contributed by atoms with Gasteiger partial charge in [-0.15, -0.1) is 0 Å². The molecule has 0 fully saturated rings. The van der Waals surface area contributed by atoms with Crippen LogP contribution in [-0.2, 0) is 16.0 Å². The highest BCUT2D eigenvalue weighted by atomic mass is 32.2. The fraction of sp³-hybridized carbons (Fsp3) is 0.429. The van der Waals surface area contributed by atoms with E-state index in [0.29, 0.717) is 17.7 Å². The number of rotatable bonds is 10. The Bertz CT molecular complexity index is 554. The van der Waals surface area contributed by atoms with Gasteiger partial charge in [-0.3, -0.25) is 9.59 Å². The van der Waals surface area contributed by atoms with Crippen LogP contribution in [0.25, 0.3) is 0 Å². The normalized spacial score (nSPS) is 13.4. The van der Waals surface area contributed by atoms with Gasteiger partial charge in [-0.1, -0.05) is 6.07 Å². The zero-order valence-electron chi connectivity index (χ0n) is 12.5. The number of benzene rings is 1. The molecular weight excluding hydrogens is 324 g/mol. The van der Waals surface area contributed by atoms with E-state index in [0.717, 1.165) is 0 Å². The van der Waals surface area contributed by atoms with E-state index in [9.17, 15) is 24.9 Å². The lowest BCUT2D eigenvalue weighted by atomic mass is 10.1. The first-order valence-corrected chi connectivity index (χ1v) is 8.21. The average molecular weight is 344 g/mol. The number of carbonyl (C=O) groups is 2. The molecule has 2 atom stereocenters. The number of aromatic hydroxyl groups is 2. The zero-order valence-corrected chi connectivity index (χ0v) is 13.3. The van der Waals surface area contributed by atoms with Crippen LogP contribution >= 0.6 is 11.8 Å². The molecule has 1 rings (SSSR count). The summed E-state index contributed by atoms with van der Waals surface area (Å²) < 4.78 is 0. The predicted octanol–water partition coefficient (Wildman–Crippen LogP) is 0.394. The predicted molar refractivity (Wildman–Crippen MR) is 85.6 cm³/mol. The minimum Gasteiger partial charge on any atom is -0.504 e. The molecule has 128 valence electrons. The molecule has 0 saturated carbocycles. The molecule has 6 N–H and O–H groups in total. The van der Waals surface area contributed by atoms with E-state index < -0.39 is 24.0 Å². The minimum absolute atomic E-state index is 0.00500. The topological polar surface area (TPSA) is 139 Å². The molecule has 0 heterocycles. The van der Waals surface area contributed by atoms with Crippen molar-refractivity contribution in [2.45, 2.75) is 24.9 Å². The second-order valence-corrected chi connectivity index (χ2v) is 5.86. The lowest BCUT2D eigenvalue weighted by Gasteiger charge is -2.20. The van der Waals surface area contributed by atoms with Gasteiger partial charge in [0.05, 0.1) is 0 Å². The molecule has 0 aliphatic carbocycles. The smallest absolute Gasteiger partial charge is 0.322 e. The molecule has 0 bridgehead atoms. The molecule has 1 aromatic carbocycles. The molecule has 0 aliphatic heterocycles. The second-order valence-electron chi connectivity index (χ2n) is 4.88. The summed E-state index contributed by atoms with van der Waals surface area (Å²) in [6.45, 7) is 0. The largest absolute Gasteiger partial charge is 0.504 e. The van der Waals surface area contributed by atoms with Gasteiger partial charge in [0.25, 0.3) is 0 Å². The number of phenolic OH excluding ortho intramolecular Hbond substituents is 2. The standard InChI is InChI=1S/C14H20N2O6S/c1-23-5-4-9(13(19)20)15-16-10(14(21)22)6-8-2-3-11(17)12(18)7-8/h2-3,7,9-10,15-18H,4-6H2,1H3,(H,19,20)(H,21,22)/t9-,10-/m0/s1. The maximum atomic E-state index is 11.3. The molecule has 9 heteroatoms. The van der Waals surface area contributed by atoms with Gasteiger partial charge in [-0.2, -0.15) is 11.8 Å². The second kappa shape index (κ2) is 9.23. The van der Waals surface area contributed by atoms with Gasteiger partial charge in [0.2, 0.25) is 0 Å². The molecule has 0 radical (unpaired) electrons. The summed E-state index contributed by atoms with van der Waals surface area (Å²) in [4.78, 5) is 22.4. The van der Waals surface area contributed by atoms with Gasteiger partial charge in [0.1, 0.15) is 12.1 Å². The van der Waals surface area contributed by atoms with Gasteiger partial charge >= 0.3 is 11.9 Å². The number of carboxylic acid groups (broad SMARTS) is 2. The fourth-order valence-electron chi connectivity index (χ4n) is 1.83. The van der Waals surface area contributed by atoms with Crippen molar-refractivity contribution < 1.29 is 30.0 Å². The van der Waals surface area contributed by atoms with Gasteiger partial charge in [0.15, 0.2) is 11.5 Å². The molecule has 8 nitrogen and oxygen atoms in total. The van der Waals surface area contributed by atoms with Crippen molar-refractivity contribution in [2.24, 2.45) is 0 Å². The number of carboxylic acids is 2. The van der Waals surface area contributed by atoms with Crippen LogP contribution in [0.4, 0.5) is 0 Å². The van der Waals surface area contributed by atoms with Gasteiger partial charge < -0.3 is 20.4 Å². The van der Waals surface area contributed by atoms with Crippen molar-refractivity contribution in [3.8, 4) is 11.5 Å². The average Bonchev–Trinajstić information content (AvgIpc) is 2.49. The Morgan fingerprint density at radius 1 is 1.09 bits per heavy atom. The molecule has 0 aliphatic rings. The Hall–Kier alpha value is -1.97. The number of nitrogens with one attached hydrogen (secondary N) is 2. The van der Waals surface area contributed by atoms with E-state index in [-0.39, 0.29) is 17.9 Å². The van der Waals surface area contributed by atoms with Crippen molar-refractivity contribution in [3.05, 3.63) is 23.8 Å². The van der Waals surface area contributed by atoms with Gasteiger partial charge in [-0.05, 0) is 42.5 Å². The molecule has 23 heavy (non-hydrogen) atoms. The van der Waals surface area contributed by atoms with Crippen molar-refractivity contribution >= 4 is 23.7 Å². The van der Waals surface area contributed by atoms with E-state index in [1.165, 1.54) is 30.0 Å². The molecule has 0 aromatic heterocycles. The molecule has 0 amide bonds. The number of hydrogen-bond acceptors (Lipinski definition) is 7. The van der Waals surface area contributed by atoms with Crippen LogP contribution in [0.15, 0.2) is 18.2 Å². The van der Waals surface area contributed by atoms with Gasteiger partial charge in [0, 0.05) is 0 Å². The SMILES string of the molecule is CSCC[C@H](NN[C@@H](Cc1ccc(O)c(O)c1)C(=O)O)C(=O)O. The maximum Gasteiger partial charge on any atom is 0.322 e. The third-order valence-corrected chi connectivity index (χ3v) is 3.76. The van der Waals surface area contributed by atoms with Crippen LogP contribution in [0.2, 0.25) is 0 Å². The highest BCUT2D eigenvalue weighted by molar-refractivity contribution is 7.98. The summed E-state index contributed by atoms with van der Waals surface area (Å²) in [5.74, 6) is -2.26. The monoisotopic (exact) mass is 344 g/mol. The van der Waals surface area contributed by atoms with Crippen LogP contribution in [0.3, 0.4) is 0 Å². The summed E-state index contributed by atoms with van der Waals surface area (Å²) in [6, 6.07) is 2.01. The first kappa shape index (κ1) is 19.1. The fourth-order valence-corrected chi connectivity index (χ4v) is 2.30. The number of hydrogen-bond donors (Lipinski definition) is 6. The highest BCUT2D eigenvalue weighted by Gasteiger charge is 2.22. The minimum atomic E-state index is -1.17. The summed E-state index contributed by atoms with van der Waals surface area (Å²) in [6.07, 6.45) is 2.20. The quantitative estimate of drug-likeness (QED) is 0.263. The van der Waals surface area contributed by atoms with Crippen LogP contribution in [0.1, 0.15) is 12.0 Å². The van der Waals surface area contributed by atoms with E-state index >= 15 is 0 Å². The van der Waals surface area contributed by atoms with Crippen LogP contribution < -0.4 is 10.9 Å². The lowest BCUT2D eigenvalue weighted by molar-refractivity contribution is -0.143. The molecular formula is C14H20N2O6S. The molecule has 0 saturated heterocycles. The summed E-state index contributed by atoms with van der Waals surface area (Å²) >= 11 is 1.49. The van der Waals surface area contributed by atoms with Gasteiger partial charge in [-0.25, -0.2) is 10.9 Å². The Morgan fingerprint density at radius 2 is 1.70 bits per heavy atom. The van der Waals surface area contributed by atoms with E-state index in [1.807, 2.05) is 6.26 Å². The molecule has 0 spiro atoms.